The van der Waals surface area contributed by atoms with Gasteiger partial charge in [0.05, 0.1) is 7.11 Å². The molecule has 0 unspecified atom stereocenters. The fourth-order valence-corrected chi connectivity index (χ4v) is 2.11. The van der Waals surface area contributed by atoms with Crippen LogP contribution >= 0.6 is 0 Å². The normalized spacial score (nSPS) is 15.6. The van der Waals surface area contributed by atoms with Crippen LogP contribution in [-0.4, -0.2) is 19.7 Å². The fourth-order valence-electron chi connectivity index (χ4n) is 2.11. The molecule has 0 bridgehead atoms. The molecule has 0 aliphatic heterocycles. The van der Waals surface area contributed by atoms with E-state index in [4.69, 9.17) is 4.74 Å². The molecule has 0 aromatic heterocycles. The van der Waals surface area contributed by atoms with Gasteiger partial charge in [-0.3, -0.25) is 0 Å². The zero-order valence-corrected chi connectivity index (χ0v) is 11.7. The highest BCUT2D eigenvalue weighted by molar-refractivity contribution is 5.31. The fraction of sp³-hybridized carbons (Fsp3) is 0.500. The molecule has 3 heteroatoms. The van der Waals surface area contributed by atoms with Gasteiger partial charge in [-0.1, -0.05) is 17.7 Å². The third-order valence-electron chi connectivity index (χ3n) is 3.35. The molecule has 19 heavy (non-hydrogen) atoms. The van der Waals surface area contributed by atoms with Gasteiger partial charge in [-0.15, -0.1) is 0 Å². The summed E-state index contributed by atoms with van der Waals surface area (Å²) in [6, 6.07) is 5.93. The van der Waals surface area contributed by atoms with Crippen LogP contribution in [0, 0.1) is 5.82 Å². The van der Waals surface area contributed by atoms with Crippen molar-refractivity contribution in [3.05, 3.63) is 41.2 Å². The third-order valence-corrected chi connectivity index (χ3v) is 3.35. The summed E-state index contributed by atoms with van der Waals surface area (Å²) in [5, 5.41) is 3.48. The molecule has 0 amide bonds. The van der Waals surface area contributed by atoms with Crippen molar-refractivity contribution in [1.29, 1.82) is 0 Å². The molecule has 0 heterocycles. The maximum atomic E-state index is 13.5. The van der Waals surface area contributed by atoms with Crippen LogP contribution in [0.5, 0.6) is 5.75 Å². The van der Waals surface area contributed by atoms with E-state index in [1.165, 1.54) is 25.5 Å². The number of allylic oxidation sites excluding steroid dienone is 1. The van der Waals surface area contributed by atoms with E-state index in [2.05, 4.69) is 18.3 Å². The van der Waals surface area contributed by atoms with Crippen molar-refractivity contribution in [2.24, 2.45) is 0 Å². The van der Waals surface area contributed by atoms with E-state index in [0.29, 0.717) is 5.75 Å². The molecule has 1 fully saturated rings. The minimum atomic E-state index is -0.289. The Hall–Kier alpha value is -1.35. The molecule has 1 saturated carbocycles. The molecule has 1 aromatic rings. The molecule has 1 aromatic carbocycles. The largest absolute Gasteiger partial charge is 0.494 e. The van der Waals surface area contributed by atoms with Crippen LogP contribution in [0.4, 0.5) is 4.39 Å². The average molecular weight is 263 g/mol. The number of rotatable bonds is 7. The summed E-state index contributed by atoms with van der Waals surface area (Å²) in [5.41, 5.74) is 2.27. The number of halogens is 1. The lowest BCUT2D eigenvalue weighted by molar-refractivity contribution is 0.386. The van der Waals surface area contributed by atoms with Gasteiger partial charge in [0.2, 0.25) is 0 Å². The molecule has 0 saturated heterocycles. The molecule has 2 rings (SSSR count). The molecule has 1 aliphatic rings. The topological polar surface area (TPSA) is 21.3 Å². The third kappa shape index (κ3) is 4.67. The minimum Gasteiger partial charge on any atom is -0.494 e. The monoisotopic (exact) mass is 263 g/mol. The van der Waals surface area contributed by atoms with Gasteiger partial charge < -0.3 is 10.1 Å². The van der Waals surface area contributed by atoms with Gasteiger partial charge in [0.1, 0.15) is 0 Å². The Kier molecular flexibility index (Phi) is 4.97. The zero-order valence-electron chi connectivity index (χ0n) is 11.7. The van der Waals surface area contributed by atoms with Crippen molar-refractivity contribution in [3.63, 3.8) is 0 Å². The van der Waals surface area contributed by atoms with Gasteiger partial charge in [-0.25, -0.2) is 4.39 Å². The highest BCUT2D eigenvalue weighted by Gasteiger charge is 2.19. The summed E-state index contributed by atoms with van der Waals surface area (Å²) in [6.07, 6.45) is 6.73. The first kappa shape index (κ1) is 14.1. The Morgan fingerprint density at radius 1 is 1.47 bits per heavy atom. The first-order valence-electron chi connectivity index (χ1n) is 6.90. The van der Waals surface area contributed by atoms with E-state index in [9.17, 15) is 4.39 Å². The van der Waals surface area contributed by atoms with Crippen molar-refractivity contribution in [2.75, 3.05) is 13.7 Å². The van der Waals surface area contributed by atoms with Gasteiger partial charge in [0, 0.05) is 6.04 Å². The Morgan fingerprint density at radius 2 is 2.26 bits per heavy atom. The summed E-state index contributed by atoms with van der Waals surface area (Å²) >= 11 is 0. The molecule has 2 nitrogen and oxygen atoms in total. The molecule has 1 aliphatic carbocycles. The standard InChI is InChI=1S/C16H22FNO/c1-12(4-3-9-18-14-6-7-14)10-13-5-8-16(19-2)15(17)11-13/h4-5,8,11,14,18H,3,6-7,9-10H2,1-2H3. The lowest BCUT2D eigenvalue weighted by Crippen LogP contribution is -2.16. The van der Waals surface area contributed by atoms with Gasteiger partial charge >= 0.3 is 0 Å². The Bertz CT molecular complexity index is 452. The Morgan fingerprint density at radius 3 is 2.89 bits per heavy atom. The molecule has 104 valence electrons. The van der Waals surface area contributed by atoms with Crippen LogP contribution in [0.2, 0.25) is 0 Å². The van der Waals surface area contributed by atoms with Gasteiger partial charge in [0.15, 0.2) is 11.6 Å². The highest BCUT2D eigenvalue weighted by Crippen LogP contribution is 2.20. The van der Waals surface area contributed by atoms with Crippen LogP contribution < -0.4 is 10.1 Å². The molecule has 0 radical (unpaired) electrons. The van der Waals surface area contributed by atoms with Crippen molar-refractivity contribution in [1.82, 2.24) is 5.32 Å². The van der Waals surface area contributed by atoms with E-state index >= 15 is 0 Å². The number of methoxy groups -OCH3 is 1. The van der Waals surface area contributed by atoms with E-state index in [1.807, 2.05) is 6.07 Å². The summed E-state index contributed by atoms with van der Waals surface area (Å²) in [5.74, 6) is 0.0159. The van der Waals surface area contributed by atoms with E-state index in [0.717, 1.165) is 31.0 Å². The van der Waals surface area contributed by atoms with E-state index in [1.54, 1.807) is 12.1 Å². The van der Waals surface area contributed by atoms with Gasteiger partial charge in [0.25, 0.3) is 0 Å². The quantitative estimate of drug-likeness (QED) is 0.601. The second-order valence-electron chi connectivity index (χ2n) is 5.21. The van der Waals surface area contributed by atoms with Gasteiger partial charge in [-0.2, -0.15) is 0 Å². The molecular weight excluding hydrogens is 241 g/mol. The first-order valence-corrected chi connectivity index (χ1v) is 6.90. The summed E-state index contributed by atoms with van der Waals surface area (Å²) in [6.45, 7) is 3.14. The van der Waals surface area contributed by atoms with Crippen molar-refractivity contribution in [3.8, 4) is 5.75 Å². The SMILES string of the molecule is COc1ccc(CC(C)=CCCNC2CC2)cc1F. The maximum absolute atomic E-state index is 13.5. The number of benzene rings is 1. The van der Waals surface area contributed by atoms with Crippen LogP contribution in [0.1, 0.15) is 31.7 Å². The zero-order chi connectivity index (χ0) is 13.7. The molecule has 1 N–H and O–H groups in total. The van der Waals surface area contributed by atoms with Crippen LogP contribution in [0.3, 0.4) is 0 Å². The highest BCUT2D eigenvalue weighted by atomic mass is 19.1. The first-order chi connectivity index (χ1) is 9.19. The molecule has 0 spiro atoms. The van der Waals surface area contributed by atoms with Crippen LogP contribution in [0.25, 0.3) is 0 Å². The summed E-state index contributed by atoms with van der Waals surface area (Å²) in [7, 11) is 1.48. The number of hydrogen-bond donors (Lipinski definition) is 1. The number of hydrogen-bond acceptors (Lipinski definition) is 2. The van der Waals surface area contributed by atoms with E-state index in [-0.39, 0.29) is 5.82 Å². The number of ether oxygens (including phenoxy) is 1. The smallest absolute Gasteiger partial charge is 0.165 e. The predicted molar refractivity (Wildman–Crippen MR) is 76.1 cm³/mol. The summed E-state index contributed by atoms with van der Waals surface area (Å²) in [4.78, 5) is 0. The second-order valence-corrected chi connectivity index (χ2v) is 5.21. The minimum absolute atomic E-state index is 0.289. The lowest BCUT2D eigenvalue weighted by atomic mass is 10.1. The van der Waals surface area contributed by atoms with Crippen molar-refractivity contribution < 1.29 is 9.13 Å². The second kappa shape index (κ2) is 6.71. The molecular formula is C16H22FNO. The molecule has 0 atom stereocenters. The van der Waals surface area contributed by atoms with Crippen molar-refractivity contribution >= 4 is 0 Å². The lowest BCUT2D eigenvalue weighted by Gasteiger charge is -2.06. The predicted octanol–water partition coefficient (Wildman–Crippen LogP) is 3.47. The Labute approximate surface area is 114 Å². The van der Waals surface area contributed by atoms with Crippen LogP contribution in [0.15, 0.2) is 29.8 Å². The average Bonchev–Trinajstić information content (AvgIpc) is 3.19. The van der Waals surface area contributed by atoms with Gasteiger partial charge in [-0.05, 0) is 56.8 Å². The summed E-state index contributed by atoms with van der Waals surface area (Å²) < 4.78 is 18.5. The van der Waals surface area contributed by atoms with E-state index < -0.39 is 0 Å². The van der Waals surface area contributed by atoms with Crippen molar-refractivity contribution in [2.45, 2.75) is 38.6 Å². The van der Waals surface area contributed by atoms with Crippen LogP contribution in [-0.2, 0) is 6.42 Å². The maximum Gasteiger partial charge on any atom is 0.165 e. The Balaban J connectivity index is 1.81. The number of nitrogens with one attached hydrogen (secondary N) is 1.